The van der Waals surface area contributed by atoms with Crippen LogP contribution >= 0.6 is 34.2 Å². The van der Waals surface area contributed by atoms with Crippen molar-refractivity contribution in [1.82, 2.24) is 9.36 Å². The molecule has 4 nitrogen and oxygen atoms in total. The molecular weight excluding hydrogens is 308 g/mol. The van der Waals surface area contributed by atoms with Gasteiger partial charge in [-0.2, -0.15) is 15.7 Å². The first-order valence-corrected chi connectivity index (χ1v) is 8.64. The summed E-state index contributed by atoms with van der Waals surface area (Å²) in [6.45, 7) is 2.84. The molecule has 0 unspecified atom stereocenters. The molecule has 0 saturated carbocycles. The van der Waals surface area contributed by atoms with Gasteiger partial charge in [-0.25, -0.2) is 4.98 Å². The van der Waals surface area contributed by atoms with E-state index in [-0.39, 0.29) is 0 Å². The van der Waals surface area contributed by atoms with Crippen molar-refractivity contribution in [3.63, 3.8) is 0 Å². The van der Waals surface area contributed by atoms with E-state index in [1.54, 1.807) is 22.7 Å². The lowest BCUT2D eigenvalue weighted by atomic mass is 10.3. The Kier molecular flexibility index (Phi) is 3.73. The van der Waals surface area contributed by atoms with Crippen molar-refractivity contribution in [2.75, 3.05) is 17.7 Å². The van der Waals surface area contributed by atoms with E-state index in [0.717, 1.165) is 27.8 Å². The highest BCUT2D eigenvalue weighted by Crippen LogP contribution is 2.40. The summed E-state index contributed by atoms with van der Waals surface area (Å²) in [5.74, 6) is 0.566. The summed E-state index contributed by atoms with van der Waals surface area (Å²) >= 11 is 4.76. The second kappa shape index (κ2) is 5.51. The predicted octanol–water partition coefficient (Wildman–Crippen LogP) is 3.86. The molecule has 0 atom stereocenters. The molecule has 3 aromatic rings. The SMILES string of the molecule is Cc1csc(-c2c(N)nsc2N(C)Cc2ccsc2)n1. The number of aromatic nitrogens is 2. The fraction of sp³-hybridized carbons (Fsp3) is 0.231. The summed E-state index contributed by atoms with van der Waals surface area (Å²) in [6.07, 6.45) is 0. The van der Waals surface area contributed by atoms with Gasteiger partial charge in [0.15, 0.2) is 0 Å². The minimum atomic E-state index is 0.566. The van der Waals surface area contributed by atoms with Crippen LogP contribution in [0.5, 0.6) is 0 Å². The quantitative estimate of drug-likeness (QED) is 0.792. The number of nitrogens with zero attached hydrogens (tertiary/aromatic N) is 3. The number of nitrogens with two attached hydrogens (primary N) is 1. The van der Waals surface area contributed by atoms with Crippen molar-refractivity contribution < 1.29 is 0 Å². The highest BCUT2D eigenvalue weighted by Gasteiger charge is 2.19. The van der Waals surface area contributed by atoms with Crippen LogP contribution in [-0.4, -0.2) is 16.4 Å². The minimum absolute atomic E-state index is 0.566. The van der Waals surface area contributed by atoms with Crippen LogP contribution in [0.4, 0.5) is 10.8 Å². The second-order valence-corrected chi connectivity index (χ2v) is 6.92. The molecule has 3 aromatic heterocycles. The van der Waals surface area contributed by atoms with Crippen molar-refractivity contribution in [3.8, 4) is 10.6 Å². The highest BCUT2D eigenvalue weighted by atomic mass is 32.1. The Morgan fingerprint density at radius 2 is 2.20 bits per heavy atom. The molecular formula is C13H14N4S3. The zero-order valence-electron chi connectivity index (χ0n) is 11.2. The molecule has 0 bridgehead atoms. The van der Waals surface area contributed by atoms with Crippen LogP contribution in [0.15, 0.2) is 22.2 Å². The maximum Gasteiger partial charge on any atom is 0.149 e. The third kappa shape index (κ3) is 2.56. The van der Waals surface area contributed by atoms with E-state index in [2.05, 4.69) is 38.1 Å². The molecule has 0 spiro atoms. The number of aryl methyl sites for hydroxylation is 1. The lowest BCUT2D eigenvalue weighted by Gasteiger charge is -2.17. The summed E-state index contributed by atoms with van der Waals surface area (Å²) in [4.78, 5) is 6.72. The number of hydrogen-bond donors (Lipinski definition) is 1. The van der Waals surface area contributed by atoms with Crippen molar-refractivity contribution >= 4 is 45.0 Å². The Labute approximate surface area is 129 Å². The van der Waals surface area contributed by atoms with Crippen LogP contribution < -0.4 is 10.6 Å². The van der Waals surface area contributed by atoms with Gasteiger partial charge >= 0.3 is 0 Å². The number of thiazole rings is 1. The van der Waals surface area contributed by atoms with Gasteiger partial charge in [0.2, 0.25) is 0 Å². The molecule has 2 N–H and O–H groups in total. The molecule has 7 heteroatoms. The Morgan fingerprint density at radius 1 is 1.35 bits per heavy atom. The second-order valence-electron chi connectivity index (χ2n) is 4.53. The van der Waals surface area contributed by atoms with E-state index in [9.17, 15) is 0 Å². The van der Waals surface area contributed by atoms with Crippen LogP contribution in [0.2, 0.25) is 0 Å². The van der Waals surface area contributed by atoms with Gasteiger partial charge < -0.3 is 10.6 Å². The summed E-state index contributed by atoms with van der Waals surface area (Å²) in [5, 5.41) is 8.31. The zero-order chi connectivity index (χ0) is 14.1. The van der Waals surface area contributed by atoms with Crippen LogP contribution in [-0.2, 0) is 6.54 Å². The third-order valence-corrected chi connectivity index (χ3v) is 5.57. The normalized spacial score (nSPS) is 10.9. The molecule has 0 aliphatic carbocycles. The zero-order valence-corrected chi connectivity index (χ0v) is 13.6. The van der Waals surface area contributed by atoms with Gasteiger partial charge in [0.25, 0.3) is 0 Å². The lowest BCUT2D eigenvalue weighted by Crippen LogP contribution is -2.15. The first-order chi connectivity index (χ1) is 9.65. The van der Waals surface area contributed by atoms with Gasteiger partial charge in [0, 0.05) is 24.7 Å². The Balaban J connectivity index is 1.94. The predicted molar refractivity (Wildman–Crippen MR) is 88.8 cm³/mol. The molecule has 0 saturated heterocycles. The number of anilines is 2. The van der Waals surface area contributed by atoms with E-state index in [1.165, 1.54) is 17.1 Å². The highest BCUT2D eigenvalue weighted by molar-refractivity contribution is 7.15. The number of hydrogen-bond acceptors (Lipinski definition) is 7. The molecule has 0 radical (unpaired) electrons. The van der Waals surface area contributed by atoms with Gasteiger partial charge in [-0.15, -0.1) is 11.3 Å². The Bertz CT molecular complexity index is 699. The number of thiophene rings is 1. The standard InChI is InChI=1S/C13H14N4S3/c1-8-6-19-12(15-8)10-11(14)16-20-13(10)17(2)5-9-3-4-18-7-9/h3-4,6-7H,5H2,1-2H3,(H2,14,16). The molecule has 0 fully saturated rings. The summed E-state index contributed by atoms with van der Waals surface area (Å²) in [6, 6.07) is 2.14. The van der Waals surface area contributed by atoms with Crippen LogP contribution in [0.3, 0.4) is 0 Å². The van der Waals surface area contributed by atoms with Crippen LogP contribution in [0.25, 0.3) is 10.6 Å². The number of nitrogen functional groups attached to an aromatic ring is 1. The lowest BCUT2D eigenvalue weighted by molar-refractivity contribution is 0.940. The molecule has 3 rings (SSSR count). The van der Waals surface area contributed by atoms with E-state index >= 15 is 0 Å². The summed E-state index contributed by atoms with van der Waals surface area (Å²) < 4.78 is 4.30. The van der Waals surface area contributed by atoms with E-state index in [4.69, 9.17) is 5.73 Å². The van der Waals surface area contributed by atoms with Gasteiger partial charge in [0.1, 0.15) is 15.8 Å². The summed E-state index contributed by atoms with van der Waals surface area (Å²) in [7, 11) is 2.06. The molecule has 0 aromatic carbocycles. The van der Waals surface area contributed by atoms with Crippen molar-refractivity contribution in [2.45, 2.75) is 13.5 Å². The van der Waals surface area contributed by atoms with Crippen molar-refractivity contribution in [3.05, 3.63) is 33.5 Å². The molecule has 104 valence electrons. The monoisotopic (exact) mass is 322 g/mol. The maximum absolute atomic E-state index is 6.04. The average molecular weight is 322 g/mol. The van der Waals surface area contributed by atoms with Crippen molar-refractivity contribution in [2.24, 2.45) is 0 Å². The fourth-order valence-corrected chi connectivity index (χ4v) is 4.30. The van der Waals surface area contributed by atoms with E-state index in [1.807, 2.05) is 12.3 Å². The molecule has 0 aliphatic rings. The van der Waals surface area contributed by atoms with E-state index < -0.39 is 0 Å². The average Bonchev–Trinajstić information content (AvgIpc) is 3.10. The Morgan fingerprint density at radius 3 is 2.85 bits per heavy atom. The number of rotatable bonds is 4. The van der Waals surface area contributed by atoms with Crippen molar-refractivity contribution in [1.29, 1.82) is 0 Å². The van der Waals surface area contributed by atoms with Crippen LogP contribution in [0.1, 0.15) is 11.3 Å². The molecule has 0 amide bonds. The van der Waals surface area contributed by atoms with Gasteiger partial charge in [0.05, 0.1) is 5.56 Å². The van der Waals surface area contributed by atoms with Gasteiger partial charge in [-0.3, -0.25) is 0 Å². The first-order valence-electron chi connectivity index (χ1n) is 6.05. The minimum Gasteiger partial charge on any atom is -0.382 e. The largest absolute Gasteiger partial charge is 0.382 e. The molecule has 3 heterocycles. The van der Waals surface area contributed by atoms with Gasteiger partial charge in [-0.05, 0) is 40.8 Å². The Hall–Kier alpha value is -1.44. The smallest absolute Gasteiger partial charge is 0.149 e. The fourth-order valence-electron chi connectivity index (χ4n) is 1.95. The third-order valence-electron chi connectivity index (χ3n) is 2.88. The molecule has 20 heavy (non-hydrogen) atoms. The topological polar surface area (TPSA) is 55.0 Å². The summed E-state index contributed by atoms with van der Waals surface area (Å²) in [5.41, 5.74) is 9.31. The molecule has 0 aliphatic heterocycles. The maximum atomic E-state index is 6.04. The van der Waals surface area contributed by atoms with Crippen LogP contribution in [0, 0.1) is 6.92 Å². The first kappa shape index (κ1) is 13.5. The van der Waals surface area contributed by atoms with E-state index in [0.29, 0.717) is 5.82 Å². The van der Waals surface area contributed by atoms with Gasteiger partial charge in [-0.1, -0.05) is 0 Å².